The number of methoxy groups -OCH3 is 1. The van der Waals surface area contributed by atoms with E-state index in [4.69, 9.17) is 9.26 Å². The number of halogens is 1. The van der Waals surface area contributed by atoms with Gasteiger partial charge in [-0.05, 0) is 42.3 Å². The minimum Gasteiger partial charge on any atom is -0.497 e. The second-order valence-electron chi connectivity index (χ2n) is 9.99. The Hall–Kier alpha value is -4.60. The molecule has 0 saturated carbocycles. The first-order valence-corrected chi connectivity index (χ1v) is 12.0. The van der Waals surface area contributed by atoms with E-state index in [0.717, 1.165) is 16.7 Å². The SMILES string of the molecule is COc1cccc(-c2nc3nccc(-c4cc(F)c(CNC(=O)c5noc(C(C)(C)C)n5)cc4C)c3[nH]2)c1. The number of rotatable bonds is 6. The van der Waals surface area contributed by atoms with Gasteiger partial charge in [-0.1, -0.05) is 44.1 Å². The van der Waals surface area contributed by atoms with E-state index in [1.807, 2.05) is 58.0 Å². The van der Waals surface area contributed by atoms with Crippen molar-refractivity contribution < 1.29 is 18.4 Å². The van der Waals surface area contributed by atoms with Crippen LogP contribution in [0.5, 0.6) is 5.75 Å². The molecule has 3 heterocycles. The first-order chi connectivity index (χ1) is 18.1. The fourth-order valence-corrected chi connectivity index (χ4v) is 4.08. The number of pyridine rings is 1. The van der Waals surface area contributed by atoms with Gasteiger partial charge in [-0.2, -0.15) is 4.98 Å². The fourth-order valence-electron chi connectivity index (χ4n) is 4.08. The van der Waals surface area contributed by atoms with Crippen molar-refractivity contribution in [1.82, 2.24) is 30.4 Å². The number of aromatic amines is 1. The number of fused-ring (bicyclic) bond motifs is 1. The lowest BCUT2D eigenvalue weighted by atomic mass is 9.97. The number of carbonyl (C=O) groups excluding carboxylic acids is 1. The van der Waals surface area contributed by atoms with Crippen LogP contribution in [0.3, 0.4) is 0 Å². The first-order valence-electron chi connectivity index (χ1n) is 12.0. The predicted molar refractivity (Wildman–Crippen MR) is 140 cm³/mol. The van der Waals surface area contributed by atoms with Crippen molar-refractivity contribution in [2.45, 2.75) is 39.7 Å². The van der Waals surface area contributed by atoms with Crippen molar-refractivity contribution in [2.75, 3.05) is 7.11 Å². The number of aromatic nitrogens is 5. The van der Waals surface area contributed by atoms with Crippen LogP contribution in [-0.2, 0) is 12.0 Å². The quantitative estimate of drug-likeness (QED) is 0.313. The van der Waals surface area contributed by atoms with E-state index in [0.29, 0.717) is 39.8 Å². The van der Waals surface area contributed by atoms with E-state index in [1.165, 1.54) is 6.07 Å². The topological polar surface area (TPSA) is 119 Å². The van der Waals surface area contributed by atoms with E-state index in [9.17, 15) is 4.79 Å². The Morgan fingerprint density at radius 1 is 1.13 bits per heavy atom. The van der Waals surface area contributed by atoms with E-state index in [1.54, 1.807) is 19.4 Å². The predicted octanol–water partition coefficient (Wildman–Crippen LogP) is 5.36. The zero-order chi connectivity index (χ0) is 27.0. The average molecular weight is 515 g/mol. The molecule has 2 aromatic carbocycles. The van der Waals surface area contributed by atoms with Crippen LogP contribution >= 0.6 is 0 Å². The van der Waals surface area contributed by atoms with Gasteiger partial charge in [0.1, 0.15) is 17.4 Å². The van der Waals surface area contributed by atoms with Gasteiger partial charge in [0.25, 0.3) is 11.7 Å². The minimum absolute atomic E-state index is 0.0268. The van der Waals surface area contributed by atoms with Gasteiger partial charge in [0.05, 0.1) is 12.6 Å². The van der Waals surface area contributed by atoms with Gasteiger partial charge in [-0.3, -0.25) is 4.79 Å². The largest absolute Gasteiger partial charge is 0.497 e. The standard InChI is InChI=1S/C28H27FN6O3/c1-15-11-17(14-31-26(36)25-34-27(38-35-25)28(2,3)4)21(29)13-20(15)19-9-10-30-24-22(19)32-23(33-24)16-7-6-8-18(12-16)37-5/h6-13H,14H2,1-5H3,(H,31,36)(H,30,32,33). The van der Waals surface area contributed by atoms with Crippen molar-refractivity contribution in [3.63, 3.8) is 0 Å². The van der Waals surface area contributed by atoms with E-state index in [-0.39, 0.29) is 17.8 Å². The Labute approximate surface area is 218 Å². The van der Waals surface area contributed by atoms with Gasteiger partial charge < -0.3 is 19.6 Å². The first kappa shape index (κ1) is 25.1. The molecular formula is C28H27FN6O3. The zero-order valence-corrected chi connectivity index (χ0v) is 21.7. The number of benzene rings is 2. The van der Waals surface area contributed by atoms with E-state index in [2.05, 4.69) is 30.4 Å². The van der Waals surface area contributed by atoms with Gasteiger partial charge in [-0.15, -0.1) is 0 Å². The summed E-state index contributed by atoms with van der Waals surface area (Å²) in [5, 5.41) is 6.40. The summed E-state index contributed by atoms with van der Waals surface area (Å²) in [5.41, 5.74) is 4.31. The second kappa shape index (κ2) is 9.70. The third-order valence-corrected chi connectivity index (χ3v) is 6.13. The molecule has 194 valence electrons. The van der Waals surface area contributed by atoms with Crippen LogP contribution < -0.4 is 10.1 Å². The molecule has 2 N–H and O–H groups in total. The molecule has 9 nitrogen and oxygen atoms in total. The minimum atomic E-state index is -0.538. The molecular weight excluding hydrogens is 487 g/mol. The second-order valence-corrected chi connectivity index (χ2v) is 9.99. The lowest BCUT2D eigenvalue weighted by molar-refractivity contribution is 0.0937. The summed E-state index contributed by atoms with van der Waals surface area (Å²) in [4.78, 5) is 29.0. The molecule has 0 fully saturated rings. The van der Waals surface area contributed by atoms with Crippen LogP contribution in [0.1, 0.15) is 48.4 Å². The molecule has 0 spiro atoms. The van der Waals surface area contributed by atoms with Crippen molar-refractivity contribution in [2.24, 2.45) is 0 Å². The lowest BCUT2D eigenvalue weighted by Gasteiger charge is -2.12. The highest BCUT2D eigenvalue weighted by Crippen LogP contribution is 2.32. The maximum absolute atomic E-state index is 15.2. The number of carbonyl (C=O) groups is 1. The molecule has 0 aliphatic carbocycles. The molecule has 10 heteroatoms. The summed E-state index contributed by atoms with van der Waals surface area (Å²) in [7, 11) is 1.61. The number of nitrogens with one attached hydrogen (secondary N) is 2. The van der Waals surface area contributed by atoms with Gasteiger partial charge in [0.15, 0.2) is 5.65 Å². The Balaban J connectivity index is 1.41. The number of imidazole rings is 1. The molecule has 3 aromatic heterocycles. The summed E-state index contributed by atoms with van der Waals surface area (Å²) in [5.74, 6) is 0.619. The molecule has 0 saturated heterocycles. The number of aryl methyl sites for hydroxylation is 1. The summed E-state index contributed by atoms with van der Waals surface area (Å²) >= 11 is 0. The highest BCUT2D eigenvalue weighted by Gasteiger charge is 2.24. The molecule has 0 bridgehead atoms. The summed E-state index contributed by atoms with van der Waals surface area (Å²) in [6.07, 6.45) is 1.65. The molecule has 38 heavy (non-hydrogen) atoms. The van der Waals surface area contributed by atoms with Gasteiger partial charge in [0.2, 0.25) is 5.89 Å². The van der Waals surface area contributed by atoms with Crippen molar-refractivity contribution in [3.8, 4) is 28.3 Å². The molecule has 0 unspecified atom stereocenters. The van der Waals surface area contributed by atoms with Gasteiger partial charge in [0, 0.05) is 34.8 Å². The Morgan fingerprint density at radius 3 is 2.68 bits per heavy atom. The number of nitrogens with zero attached hydrogens (tertiary/aromatic N) is 4. The van der Waals surface area contributed by atoms with Crippen molar-refractivity contribution in [3.05, 3.63) is 77.3 Å². The molecule has 0 aliphatic rings. The third-order valence-electron chi connectivity index (χ3n) is 6.13. The van der Waals surface area contributed by atoms with Crippen LogP contribution in [0.4, 0.5) is 4.39 Å². The average Bonchev–Trinajstić information content (AvgIpc) is 3.57. The summed E-state index contributed by atoms with van der Waals surface area (Å²) in [6, 6.07) is 12.5. The fraction of sp³-hybridized carbons (Fsp3) is 0.250. The highest BCUT2D eigenvalue weighted by molar-refractivity contribution is 5.92. The maximum Gasteiger partial charge on any atom is 0.292 e. The van der Waals surface area contributed by atoms with E-state index >= 15 is 4.39 Å². The van der Waals surface area contributed by atoms with Crippen molar-refractivity contribution in [1.29, 1.82) is 0 Å². The Bertz CT molecular complexity index is 1650. The smallest absolute Gasteiger partial charge is 0.292 e. The third kappa shape index (κ3) is 4.84. The van der Waals surface area contributed by atoms with Crippen LogP contribution in [0, 0.1) is 12.7 Å². The van der Waals surface area contributed by atoms with Crippen LogP contribution in [0.15, 0.2) is 53.2 Å². The summed E-state index contributed by atoms with van der Waals surface area (Å²) in [6.45, 7) is 7.57. The van der Waals surface area contributed by atoms with Gasteiger partial charge >= 0.3 is 0 Å². The monoisotopic (exact) mass is 514 g/mol. The zero-order valence-electron chi connectivity index (χ0n) is 21.7. The van der Waals surface area contributed by atoms with Crippen molar-refractivity contribution >= 4 is 17.1 Å². The number of H-pyrrole nitrogens is 1. The Kier molecular flexibility index (Phi) is 6.40. The van der Waals surface area contributed by atoms with Gasteiger partial charge in [-0.25, -0.2) is 14.4 Å². The number of hydrogen-bond acceptors (Lipinski definition) is 7. The molecule has 5 rings (SSSR count). The van der Waals surface area contributed by atoms with Crippen LogP contribution in [0.2, 0.25) is 0 Å². The molecule has 1 amide bonds. The molecule has 0 atom stereocenters. The summed E-state index contributed by atoms with van der Waals surface area (Å²) < 4.78 is 25.7. The normalized spacial score (nSPS) is 11.6. The Morgan fingerprint density at radius 2 is 1.95 bits per heavy atom. The number of ether oxygens (including phenoxy) is 1. The highest BCUT2D eigenvalue weighted by atomic mass is 19.1. The molecule has 0 radical (unpaired) electrons. The van der Waals surface area contributed by atoms with Crippen LogP contribution in [-0.4, -0.2) is 38.1 Å². The number of hydrogen-bond donors (Lipinski definition) is 2. The lowest BCUT2D eigenvalue weighted by Crippen LogP contribution is -2.25. The molecule has 5 aromatic rings. The molecule has 0 aliphatic heterocycles. The van der Waals surface area contributed by atoms with E-state index < -0.39 is 11.7 Å². The van der Waals surface area contributed by atoms with Crippen LogP contribution in [0.25, 0.3) is 33.7 Å². The maximum atomic E-state index is 15.2. The number of amides is 1.